The van der Waals surface area contributed by atoms with Gasteiger partial charge in [0.05, 0.1) is 13.7 Å². The Morgan fingerprint density at radius 2 is 1.77 bits per heavy atom. The largest absolute Gasteiger partial charge is 0.497 e. The van der Waals surface area contributed by atoms with Crippen LogP contribution >= 0.6 is 11.6 Å². The van der Waals surface area contributed by atoms with E-state index in [9.17, 15) is 9.59 Å². The number of ether oxygens (including phenoxy) is 1. The SMILES string of the molecule is COc1cccc(Cn2c(NCc3ccc(Cl)cc3)nc3c2c(=O)n(C)c(=O)n3C)c1. The summed E-state index contributed by atoms with van der Waals surface area (Å²) in [4.78, 5) is 30.0. The van der Waals surface area contributed by atoms with Gasteiger partial charge in [-0.15, -0.1) is 0 Å². The van der Waals surface area contributed by atoms with Gasteiger partial charge < -0.3 is 10.1 Å². The Labute approximate surface area is 183 Å². The lowest BCUT2D eigenvalue weighted by Gasteiger charge is -2.12. The maximum absolute atomic E-state index is 13.0. The topological polar surface area (TPSA) is 83.1 Å². The lowest BCUT2D eigenvalue weighted by molar-refractivity contribution is 0.414. The molecule has 0 saturated heterocycles. The molecule has 31 heavy (non-hydrogen) atoms. The zero-order valence-electron chi connectivity index (χ0n) is 17.4. The summed E-state index contributed by atoms with van der Waals surface area (Å²) in [6.07, 6.45) is 0. The molecule has 0 spiro atoms. The summed E-state index contributed by atoms with van der Waals surface area (Å²) >= 11 is 5.97. The average molecular weight is 440 g/mol. The number of anilines is 1. The lowest BCUT2D eigenvalue weighted by atomic mass is 10.2. The first-order valence-electron chi connectivity index (χ1n) is 9.66. The molecule has 0 unspecified atom stereocenters. The summed E-state index contributed by atoms with van der Waals surface area (Å²) in [5.41, 5.74) is 1.80. The van der Waals surface area contributed by atoms with Crippen molar-refractivity contribution in [3.8, 4) is 5.75 Å². The number of hydrogen-bond donors (Lipinski definition) is 1. The third-order valence-corrected chi connectivity index (χ3v) is 5.44. The van der Waals surface area contributed by atoms with Gasteiger partial charge in [0.2, 0.25) is 5.95 Å². The molecule has 0 saturated carbocycles. The minimum atomic E-state index is -0.423. The molecule has 160 valence electrons. The van der Waals surface area contributed by atoms with E-state index in [1.807, 2.05) is 48.5 Å². The van der Waals surface area contributed by atoms with Gasteiger partial charge >= 0.3 is 5.69 Å². The second-order valence-electron chi connectivity index (χ2n) is 7.23. The fourth-order valence-electron chi connectivity index (χ4n) is 3.47. The summed E-state index contributed by atoms with van der Waals surface area (Å²) in [7, 11) is 4.68. The molecule has 0 bridgehead atoms. The van der Waals surface area contributed by atoms with Crippen LogP contribution in [0.5, 0.6) is 5.75 Å². The normalized spacial score (nSPS) is 11.1. The molecular formula is C22H22ClN5O3. The zero-order chi connectivity index (χ0) is 22.1. The molecule has 0 radical (unpaired) electrons. The van der Waals surface area contributed by atoms with Crippen LogP contribution in [0.25, 0.3) is 11.2 Å². The predicted molar refractivity (Wildman–Crippen MR) is 121 cm³/mol. The number of aryl methyl sites for hydroxylation is 1. The van der Waals surface area contributed by atoms with Gasteiger partial charge in [0.25, 0.3) is 5.56 Å². The van der Waals surface area contributed by atoms with Gasteiger partial charge in [-0.25, -0.2) is 4.79 Å². The number of halogens is 1. The van der Waals surface area contributed by atoms with Crippen molar-refractivity contribution < 1.29 is 4.74 Å². The van der Waals surface area contributed by atoms with Crippen molar-refractivity contribution in [2.45, 2.75) is 13.1 Å². The second-order valence-corrected chi connectivity index (χ2v) is 7.67. The number of nitrogens with one attached hydrogen (secondary N) is 1. The zero-order valence-corrected chi connectivity index (χ0v) is 18.2. The molecule has 0 aliphatic heterocycles. The Morgan fingerprint density at radius 1 is 1.03 bits per heavy atom. The van der Waals surface area contributed by atoms with Gasteiger partial charge in [0, 0.05) is 25.7 Å². The minimum absolute atomic E-state index is 0.328. The summed E-state index contributed by atoms with van der Waals surface area (Å²) < 4.78 is 9.59. The van der Waals surface area contributed by atoms with E-state index >= 15 is 0 Å². The second kappa shape index (κ2) is 8.31. The van der Waals surface area contributed by atoms with Crippen LogP contribution in [0, 0.1) is 0 Å². The number of fused-ring (bicyclic) bond motifs is 1. The molecule has 9 heteroatoms. The van der Waals surface area contributed by atoms with Gasteiger partial charge in [0.1, 0.15) is 5.75 Å². The first-order chi connectivity index (χ1) is 14.9. The Hall–Kier alpha value is -3.52. The van der Waals surface area contributed by atoms with Crippen LogP contribution in [0.1, 0.15) is 11.1 Å². The van der Waals surface area contributed by atoms with Crippen LogP contribution in [-0.2, 0) is 27.2 Å². The number of nitrogens with zero attached hydrogens (tertiary/aromatic N) is 4. The van der Waals surface area contributed by atoms with Crippen LogP contribution in [-0.4, -0.2) is 25.8 Å². The smallest absolute Gasteiger partial charge is 0.332 e. The van der Waals surface area contributed by atoms with E-state index in [2.05, 4.69) is 10.3 Å². The highest BCUT2D eigenvalue weighted by molar-refractivity contribution is 6.30. The average Bonchev–Trinajstić information content (AvgIpc) is 3.14. The molecular weight excluding hydrogens is 418 g/mol. The highest BCUT2D eigenvalue weighted by Gasteiger charge is 2.19. The third-order valence-electron chi connectivity index (χ3n) is 5.19. The first kappa shape index (κ1) is 20.7. The van der Waals surface area contributed by atoms with Crippen LogP contribution in [0.4, 0.5) is 5.95 Å². The van der Waals surface area contributed by atoms with Crippen molar-refractivity contribution in [2.24, 2.45) is 14.1 Å². The monoisotopic (exact) mass is 439 g/mol. The first-order valence-corrected chi connectivity index (χ1v) is 10.0. The van der Waals surface area contributed by atoms with E-state index in [0.717, 1.165) is 21.4 Å². The molecule has 0 aliphatic carbocycles. The molecule has 2 aromatic carbocycles. The van der Waals surface area contributed by atoms with E-state index in [1.165, 1.54) is 11.6 Å². The van der Waals surface area contributed by atoms with Gasteiger partial charge in [0.15, 0.2) is 11.2 Å². The van der Waals surface area contributed by atoms with Crippen molar-refractivity contribution >= 4 is 28.7 Å². The summed E-state index contributed by atoms with van der Waals surface area (Å²) in [5.74, 6) is 1.21. The Balaban J connectivity index is 1.83. The van der Waals surface area contributed by atoms with Crippen LogP contribution in [0.3, 0.4) is 0 Å². The van der Waals surface area contributed by atoms with Crippen LogP contribution in [0.2, 0.25) is 5.02 Å². The Morgan fingerprint density at radius 3 is 2.48 bits per heavy atom. The lowest BCUT2D eigenvalue weighted by Crippen LogP contribution is -2.37. The Bertz CT molecular complexity index is 1370. The molecule has 0 atom stereocenters. The van der Waals surface area contributed by atoms with Gasteiger partial charge in [-0.3, -0.25) is 18.5 Å². The molecule has 0 amide bonds. The van der Waals surface area contributed by atoms with Crippen molar-refractivity contribution in [3.05, 3.63) is 85.5 Å². The van der Waals surface area contributed by atoms with E-state index in [0.29, 0.717) is 35.2 Å². The summed E-state index contributed by atoms with van der Waals surface area (Å²) in [5, 5.41) is 3.95. The number of imidazole rings is 1. The molecule has 0 aliphatic rings. The third kappa shape index (κ3) is 3.94. The molecule has 2 aromatic heterocycles. The predicted octanol–water partition coefficient (Wildman–Crippen LogP) is 2.76. The van der Waals surface area contributed by atoms with Crippen LogP contribution < -0.4 is 21.3 Å². The maximum atomic E-state index is 13.0. The van der Waals surface area contributed by atoms with Crippen molar-refractivity contribution in [3.63, 3.8) is 0 Å². The van der Waals surface area contributed by atoms with Gasteiger partial charge in [-0.1, -0.05) is 35.9 Å². The number of methoxy groups -OCH3 is 1. The summed E-state index contributed by atoms with van der Waals surface area (Å²) in [6, 6.07) is 15.1. The minimum Gasteiger partial charge on any atom is -0.497 e. The standard InChI is InChI=1S/C22H22ClN5O3/c1-26-19-18(20(29)27(2)22(26)30)28(13-15-5-4-6-17(11-15)31-3)21(25-19)24-12-14-7-9-16(23)10-8-14/h4-11H,12-13H2,1-3H3,(H,24,25). The van der Waals surface area contributed by atoms with E-state index in [1.54, 1.807) is 18.7 Å². The van der Waals surface area contributed by atoms with E-state index < -0.39 is 11.2 Å². The quantitative estimate of drug-likeness (QED) is 0.499. The fourth-order valence-corrected chi connectivity index (χ4v) is 3.60. The van der Waals surface area contributed by atoms with E-state index in [4.69, 9.17) is 16.3 Å². The molecule has 4 aromatic rings. The van der Waals surface area contributed by atoms with Crippen molar-refractivity contribution in [1.82, 2.24) is 18.7 Å². The molecule has 2 heterocycles. The number of aromatic nitrogens is 4. The van der Waals surface area contributed by atoms with Crippen molar-refractivity contribution in [1.29, 1.82) is 0 Å². The number of rotatable bonds is 6. The maximum Gasteiger partial charge on any atom is 0.332 e. The van der Waals surface area contributed by atoms with Gasteiger partial charge in [-0.05, 0) is 35.4 Å². The molecule has 4 rings (SSSR count). The molecule has 1 N–H and O–H groups in total. The van der Waals surface area contributed by atoms with Gasteiger partial charge in [-0.2, -0.15) is 4.98 Å². The number of hydrogen-bond acceptors (Lipinski definition) is 5. The molecule has 0 fully saturated rings. The van der Waals surface area contributed by atoms with Crippen LogP contribution in [0.15, 0.2) is 58.1 Å². The molecule has 8 nitrogen and oxygen atoms in total. The fraction of sp³-hybridized carbons (Fsp3) is 0.227. The number of benzene rings is 2. The Kier molecular flexibility index (Phi) is 5.56. The van der Waals surface area contributed by atoms with Crippen molar-refractivity contribution in [2.75, 3.05) is 12.4 Å². The van der Waals surface area contributed by atoms with E-state index in [-0.39, 0.29) is 0 Å². The summed E-state index contributed by atoms with van der Waals surface area (Å²) in [6.45, 7) is 0.858. The highest BCUT2D eigenvalue weighted by Crippen LogP contribution is 2.21. The highest BCUT2D eigenvalue weighted by atomic mass is 35.5.